The van der Waals surface area contributed by atoms with Gasteiger partial charge in [-0.2, -0.15) is 0 Å². The second kappa shape index (κ2) is 8.39. The highest BCUT2D eigenvalue weighted by molar-refractivity contribution is 7.26. The summed E-state index contributed by atoms with van der Waals surface area (Å²) in [6.45, 7) is 0. The minimum Gasteiger partial charge on any atom is -0.135 e. The van der Waals surface area contributed by atoms with Crippen LogP contribution in [-0.4, -0.2) is 0 Å². The highest BCUT2D eigenvalue weighted by Gasteiger charge is 2.21. The van der Waals surface area contributed by atoms with Gasteiger partial charge in [0.1, 0.15) is 0 Å². The van der Waals surface area contributed by atoms with Crippen molar-refractivity contribution in [1.29, 1.82) is 0 Å². The topological polar surface area (TPSA) is 0 Å². The lowest BCUT2D eigenvalue weighted by Gasteiger charge is -2.19. The first-order valence-electron chi connectivity index (χ1n) is 14.4. The van der Waals surface area contributed by atoms with E-state index >= 15 is 0 Å². The third kappa shape index (κ3) is 3.01. The molecule has 0 aliphatic rings. The lowest BCUT2D eigenvalue weighted by molar-refractivity contribution is 1.71. The first-order chi connectivity index (χ1) is 20.8. The van der Waals surface area contributed by atoms with Gasteiger partial charge < -0.3 is 0 Å². The molecule has 0 atom stereocenters. The summed E-state index contributed by atoms with van der Waals surface area (Å²) in [5.41, 5.74) is 5.23. The number of rotatable bonds is 2. The van der Waals surface area contributed by atoms with Gasteiger partial charge in [0, 0.05) is 40.3 Å². The van der Waals surface area contributed by atoms with E-state index in [-0.39, 0.29) is 0 Å². The average Bonchev–Trinajstić information content (AvgIpc) is 3.61. The van der Waals surface area contributed by atoms with Gasteiger partial charge >= 0.3 is 0 Å². The predicted octanol–water partition coefficient (Wildman–Crippen LogP) is 12.7. The lowest BCUT2D eigenvalue weighted by atomic mass is 9.83. The van der Waals surface area contributed by atoms with Crippen LogP contribution in [0.15, 0.2) is 133 Å². The molecule has 0 aliphatic heterocycles. The Morgan fingerprint density at radius 1 is 0.333 bits per heavy atom. The van der Waals surface area contributed by atoms with E-state index in [4.69, 9.17) is 0 Å². The highest BCUT2D eigenvalue weighted by atomic mass is 32.1. The van der Waals surface area contributed by atoms with E-state index in [1.165, 1.54) is 94.9 Å². The molecule has 0 radical (unpaired) electrons. The number of hydrogen-bond acceptors (Lipinski definition) is 2. The summed E-state index contributed by atoms with van der Waals surface area (Å²) in [5, 5.41) is 13.3. The van der Waals surface area contributed by atoms with Crippen LogP contribution >= 0.6 is 22.7 Å². The van der Waals surface area contributed by atoms with Crippen LogP contribution in [0.2, 0.25) is 0 Å². The third-order valence-corrected chi connectivity index (χ3v) is 11.3. The molecule has 0 N–H and O–H groups in total. The van der Waals surface area contributed by atoms with Gasteiger partial charge in [-0.25, -0.2) is 0 Å². The number of fused-ring (bicyclic) bond motifs is 5. The monoisotopic (exact) mass is 566 g/mol. The van der Waals surface area contributed by atoms with Crippen molar-refractivity contribution in [2.24, 2.45) is 0 Å². The highest BCUT2D eigenvalue weighted by Crippen LogP contribution is 2.49. The molecule has 0 spiro atoms. The van der Waals surface area contributed by atoms with Gasteiger partial charge in [-0.15, -0.1) is 22.7 Å². The average molecular weight is 567 g/mol. The molecular formula is C40H22S2. The number of hydrogen-bond donors (Lipinski definition) is 0. The SMILES string of the molecule is c1ccc2c(c1)sc1ccc(-c3c4ccccc4c(-c4cc5cccc6sc7cccc4c7c56)c4ccccc34)cc12. The standard InChI is InChI=1S/C40H22S2/c1-3-13-28-26(11-1)37(24-19-20-34-31(21-24)25-10-5-6-16-33(25)41-34)27-12-2-4-14-29(27)39(28)32-22-23-9-7-17-35-38(23)40-30(32)15-8-18-36(40)42-35/h1-22H. The van der Waals surface area contributed by atoms with Crippen LogP contribution in [0.5, 0.6) is 0 Å². The first-order valence-corrected chi connectivity index (χ1v) is 16.0. The van der Waals surface area contributed by atoms with Crippen molar-refractivity contribution in [1.82, 2.24) is 0 Å². The van der Waals surface area contributed by atoms with Crippen LogP contribution in [0.25, 0.3) is 94.9 Å². The Morgan fingerprint density at radius 2 is 0.881 bits per heavy atom. The van der Waals surface area contributed by atoms with Crippen LogP contribution in [0.1, 0.15) is 0 Å². The summed E-state index contributed by atoms with van der Waals surface area (Å²) in [6.07, 6.45) is 0. The van der Waals surface area contributed by atoms with Crippen molar-refractivity contribution in [3.63, 3.8) is 0 Å². The maximum absolute atomic E-state index is 2.44. The lowest BCUT2D eigenvalue weighted by Crippen LogP contribution is -1.92. The van der Waals surface area contributed by atoms with Crippen molar-refractivity contribution in [3.8, 4) is 22.3 Å². The summed E-state index contributed by atoms with van der Waals surface area (Å²) in [7, 11) is 0. The zero-order valence-electron chi connectivity index (χ0n) is 22.5. The fraction of sp³-hybridized carbons (Fsp3) is 0. The summed E-state index contributed by atoms with van der Waals surface area (Å²) in [6, 6.07) is 49.9. The van der Waals surface area contributed by atoms with Gasteiger partial charge in [-0.3, -0.25) is 0 Å². The molecule has 194 valence electrons. The van der Waals surface area contributed by atoms with Crippen molar-refractivity contribution in [2.45, 2.75) is 0 Å². The smallest absolute Gasteiger partial charge is 0.0361 e. The second-order valence-electron chi connectivity index (χ2n) is 11.2. The zero-order valence-corrected chi connectivity index (χ0v) is 24.2. The van der Waals surface area contributed by atoms with Gasteiger partial charge in [0.15, 0.2) is 0 Å². The quantitative estimate of drug-likeness (QED) is 0.144. The van der Waals surface area contributed by atoms with Crippen molar-refractivity contribution >= 4 is 95.3 Å². The molecule has 8 aromatic carbocycles. The Hall–Kier alpha value is -4.76. The molecule has 0 bridgehead atoms. The van der Waals surface area contributed by atoms with Crippen LogP contribution in [-0.2, 0) is 0 Å². The van der Waals surface area contributed by atoms with E-state index in [1.807, 2.05) is 22.7 Å². The van der Waals surface area contributed by atoms with Gasteiger partial charge in [0.05, 0.1) is 0 Å². The van der Waals surface area contributed by atoms with E-state index in [0.717, 1.165) is 0 Å². The fourth-order valence-corrected chi connectivity index (χ4v) is 9.54. The minimum absolute atomic E-state index is 1.27. The third-order valence-electron chi connectivity index (χ3n) is 9.01. The first kappa shape index (κ1) is 22.9. The Labute approximate surface area is 250 Å². The van der Waals surface area contributed by atoms with E-state index in [9.17, 15) is 0 Å². The molecule has 10 rings (SSSR count). The molecule has 2 heterocycles. The normalized spacial score (nSPS) is 12.3. The maximum atomic E-state index is 2.44. The summed E-state index contributed by atoms with van der Waals surface area (Å²) >= 11 is 3.78. The summed E-state index contributed by atoms with van der Waals surface area (Å²) in [5.74, 6) is 0. The molecule has 0 fully saturated rings. The molecule has 0 saturated heterocycles. The van der Waals surface area contributed by atoms with Crippen molar-refractivity contribution in [2.75, 3.05) is 0 Å². The van der Waals surface area contributed by atoms with E-state index in [1.54, 1.807) is 0 Å². The molecule has 42 heavy (non-hydrogen) atoms. The van der Waals surface area contributed by atoms with Crippen LogP contribution < -0.4 is 0 Å². The number of thiophene rings is 2. The molecule has 0 saturated carbocycles. The number of benzene rings is 8. The summed E-state index contributed by atoms with van der Waals surface area (Å²) < 4.78 is 5.41. The van der Waals surface area contributed by atoms with Crippen LogP contribution in [0.4, 0.5) is 0 Å². The van der Waals surface area contributed by atoms with Gasteiger partial charge in [-0.1, -0.05) is 97.1 Å². The maximum Gasteiger partial charge on any atom is 0.0361 e. The largest absolute Gasteiger partial charge is 0.135 e. The van der Waals surface area contributed by atoms with E-state index < -0.39 is 0 Å². The van der Waals surface area contributed by atoms with Gasteiger partial charge in [0.2, 0.25) is 0 Å². The van der Waals surface area contributed by atoms with Crippen LogP contribution in [0, 0.1) is 0 Å². The fourth-order valence-electron chi connectivity index (χ4n) is 7.29. The Morgan fingerprint density at radius 3 is 1.64 bits per heavy atom. The predicted molar refractivity (Wildman–Crippen MR) is 187 cm³/mol. The molecule has 2 aromatic heterocycles. The van der Waals surface area contributed by atoms with Crippen LogP contribution in [0.3, 0.4) is 0 Å². The Bertz CT molecular complexity index is 2630. The Balaban J connectivity index is 1.37. The molecule has 10 aromatic rings. The summed E-state index contributed by atoms with van der Waals surface area (Å²) in [4.78, 5) is 0. The molecule has 0 nitrogen and oxygen atoms in total. The molecule has 0 unspecified atom stereocenters. The van der Waals surface area contributed by atoms with E-state index in [2.05, 4.69) is 133 Å². The van der Waals surface area contributed by atoms with Crippen molar-refractivity contribution in [3.05, 3.63) is 133 Å². The van der Waals surface area contributed by atoms with E-state index in [0.29, 0.717) is 0 Å². The molecule has 0 aliphatic carbocycles. The molecule has 2 heteroatoms. The van der Waals surface area contributed by atoms with Gasteiger partial charge in [-0.05, 0) is 91.0 Å². The van der Waals surface area contributed by atoms with Crippen molar-refractivity contribution < 1.29 is 0 Å². The Kier molecular flexibility index (Phi) is 4.57. The second-order valence-corrected chi connectivity index (χ2v) is 13.4. The molecular weight excluding hydrogens is 545 g/mol. The minimum atomic E-state index is 1.27. The molecule has 0 amide bonds. The zero-order chi connectivity index (χ0) is 27.4. The van der Waals surface area contributed by atoms with Gasteiger partial charge in [0.25, 0.3) is 0 Å².